The number of carbonyl (C=O) groups excluding carboxylic acids is 1. The van der Waals surface area contributed by atoms with E-state index in [1.807, 2.05) is 52.0 Å². The monoisotopic (exact) mass is 365 g/mol. The normalized spacial score (nSPS) is 12.2. The quantitative estimate of drug-likeness (QED) is 0.523. The summed E-state index contributed by atoms with van der Waals surface area (Å²) < 4.78 is 0. The first kappa shape index (κ1) is 18.4. The van der Waals surface area contributed by atoms with Gasteiger partial charge in [0.15, 0.2) is 0 Å². The van der Waals surface area contributed by atoms with Crippen LogP contribution in [-0.4, -0.2) is 21.1 Å². The summed E-state index contributed by atoms with van der Waals surface area (Å²) in [6, 6.07) is 12.1. The first-order chi connectivity index (χ1) is 12.3. The molecule has 26 heavy (non-hydrogen) atoms. The standard InChI is InChI=1S/C21H23N3OS/c1-12-10-13(2)19(14(3)11-12)24-20(25)15(4)26-21-17-8-6-7-9-18(17)22-16(5)23-21/h6-11,15H,1-5H3,(H,24,25)/t15-/m0/s1. The van der Waals surface area contributed by atoms with Crippen LogP contribution in [0.1, 0.15) is 29.4 Å². The van der Waals surface area contributed by atoms with Crippen molar-refractivity contribution in [3.63, 3.8) is 0 Å². The lowest BCUT2D eigenvalue weighted by molar-refractivity contribution is -0.115. The van der Waals surface area contributed by atoms with Crippen molar-refractivity contribution in [2.24, 2.45) is 0 Å². The van der Waals surface area contributed by atoms with E-state index in [-0.39, 0.29) is 11.2 Å². The molecule has 0 aliphatic heterocycles. The molecule has 1 heterocycles. The van der Waals surface area contributed by atoms with Crippen molar-refractivity contribution in [1.82, 2.24) is 9.97 Å². The zero-order valence-corrected chi connectivity index (χ0v) is 16.6. The maximum absolute atomic E-state index is 12.8. The van der Waals surface area contributed by atoms with E-state index in [2.05, 4.69) is 34.3 Å². The van der Waals surface area contributed by atoms with E-state index in [0.29, 0.717) is 5.82 Å². The van der Waals surface area contributed by atoms with Crippen molar-refractivity contribution in [3.8, 4) is 0 Å². The van der Waals surface area contributed by atoms with Crippen LogP contribution in [0.25, 0.3) is 10.9 Å². The highest BCUT2D eigenvalue weighted by atomic mass is 32.2. The van der Waals surface area contributed by atoms with E-state index in [9.17, 15) is 4.79 Å². The minimum absolute atomic E-state index is 0.0228. The number of carbonyl (C=O) groups is 1. The molecule has 0 unspecified atom stereocenters. The minimum atomic E-state index is -0.271. The van der Waals surface area contributed by atoms with E-state index in [1.54, 1.807) is 0 Å². The van der Waals surface area contributed by atoms with E-state index in [4.69, 9.17) is 0 Å². The van der Waals surface area contributed by atoms with Crippen molar-refractivity contribution in [2.75, 3.05) is 5.32 Å². The third-order valence-electron chi connectivity index (χ3n) is 4.26. The van der Waals surface area contributed by atoms with Gasteiger partial charge in [-0.3, -0.25) is 4.79 Å². The fourth-order valence-corrected chi connectivity index (χ4v) is 4.06. The zero-order chi connectivity index (χ0) is 18.8. The number of benzene rings is 2. The zero-order valence-electron chi connectivity index (χ0n) is 15.8. The average Bonchev–Trinajstić information content (AvgIpc) is 2.57. The summed E-state index contributed by atoms with van der Waals surface area (Å²) in [6.45, 7) is 9.89. The van der Waals surface area contributed by atoms with Gasteiger partial charge in [-0.25, -0.2) is 9.97 Å². The van der Waals surface area contributed by atoms with Crippen LogP contribution in [0.4, 0.5) is 5.69 Å². The van der Waals surface area contributed by atoms with Gasteiger partial charge < -0.3 is 5.32 Å². The number of para-hydroxylation sites is 1. The molecule has 0 bridgehead atoms. The molecule has 1 aromatic heterocycles. The highest BCUT2D eigenvalue weighted by Crippen LogP contribution is 2.30. The number of hydrogen-bond acceptors (Lipinski definition) is 4. The lowest BCUT2D eigenvalue weighted by atomic mass is 10.1. The molecule has 0 spiro atoms. The maximum Gasteiger partial charge on any atom is 0.237 e. The van der Waals surface area contributed by atoms with Gasteiger partial charge in [0, 0.05) is 11.1 Å². The van der Waals surface area contributed by atoms with Crippen molar-refractivity contribution >= 4 is 34.3 Å². The van der Waals surface area contributed by atoms with Crippen LogP contribution in [0, 0.1) is 27.7 Å². The van der Waals surface area contributed by atoms with Crippen LogP contribution in [0.5, 0.6) is 0 Å². The second kappa shape index (κ2) is 7.46. The number of aryl methyl sites for hydroxylation is 4. The third-order valence-corrected chi connectivity index (χ3v) is 5.37. The summed E-state index contributed by atoms with van der Waals surface area (Å²) in [7, 11) is 0. The van der Waals surface area contributed by atoms with Crippen LogP contribution < -0.4 is 5.32 Å². The fraction of sp³-hybridized carbons (Fsp3) is 0.286. The Morgan fingerprint density at radius 2 is 1.69 bits per heavy atom. The van der Waals surface area contributed by atoms with Gasteiger partial charge in [0.25, 0.3) is 0 Å². The third kappa shape index (κ3) is 3.88. The Balaban J connectivity index is 1.83. The largest absolute Gasteiger partial charge is 0.325 e. The van der Waals surface area contributed by atoms with Crippen LogP contribution in [0.3, 0.4) is 0 Å². The number of rotatable bonds is 4. The van der Waals surface area contributed by atoms with Gasteiger partial charge in [0.2, 0.25) is 5.91 Å². The van der Waals surface area contributed by atoms with Gasteiger partial charge >= 0.3 is 0 Å². The molecule has 3 aromatic rings. The fourth-order valence-electron chi connectivity index (χ4n) is 3.07. The molecule has 0 aliphatic rings. The molecule has 0 radical (unpaired) electrons. The predicted octanol–water partition coefficient (Wildman–Crippen LogP) is 4.98. The molecule has 0 saturated carbocycles. The molecule has 1 N–H and O–H groups in total. The summed E-state index contributed by atoms with van der Waals surface area (Å²) >= 11 is 1.47. The van der Waals surface area contributed by atoms with Gasteiger partial charge in [0.1, 0.15) is 10.9 Å². The first-order valence-corrected chi connectivity index (χ1v) is 9.52. The highest BCUT2D eigenvalue weighted by Gasteiger charge is 2.19. The number of amides is 1. The Hall–Kier alpha value is -2.40. The van der Waals surface area contributed by atoms with E-state index < -0.39 is 0 Å². The lowest BCUT2D eigenvalue weighted by Gasteiger charge is -2.16. The molecule has 0 aliphatic carbocycles. The molecule has 1 atom stereocenters. The molecule has 2 aromatic carbocycles. The summed E-state index contributed by atoms with van der Waals surface area (Å²) in [5.74, 6) is 0.689. The van der Waals surface area contributed by atoms with Gasteiger partial charge in [-0.2, -0.15) is 0 Å². The number of thioether (sulfide) groups is 1. The first-order valence-electron chi connectivity index (χ1n) is 8.64. The summed E-state index contributed by atoms with van der Waals surface area (Å²) in [6.07, 6.45) is 0. The van der Waals surface area contributed by atoms with Crippen LogP contribution in [-0.2, 0) is 4.79 Å². The van der Waals surface area contributed by atoms with E-state index in [1.165, 1.54) is 17.3 Å². The van der Waals surface area contributed by atoms with Crippen LogP contribution in [0.2, 0.25) is 0 Å². The van der Waals surface area contributed by atoms with Gasteiger partial charge in [-0.05, 0) is 51.8 Å². The number of fused-ring (bicyclic) bond motifs is 1. The number of aromatic nitrogens is 2. The molecule has 134 valence electrons. The van der Waals surface area contributed by atoms with Crippen molar-refractivity contribution in [1.29, 1.82) is 0 Å². The highest BCUT2D eigenvalue weighted by molar-refractivity contribution is 8.00. The molecule has 4 nitrogen and oxygen atoms in total. The molecule has 0 saturated heterocycles. The van der Waals surface area contributed by atoms with Crippen molar-refractivity contribution in [2.45, 2.75) is 44.9 Å². The molecule has 3 rings (SSSR count). The number of anilines is 1. The van der Waals surface area contributed by atoms with E-state index >= 15 is 0 Å². The van der Waals surface area contributed by atoms with Gasteiger partial charge in [-0.15, -0.1) is 0 Å². The Morgan fingerprint density at radius 3 is 2.38 bits per heavy atom. The second-order valence-electron chi connectivity index (χ2n) is 6.62. The molecular formula is C21H23N3OS. The summed E-state index contributed by atoms with van der Waals surface area (Å²) in [4.78, 5) is 21.8. The number of nitrogens with zero attached hydrogens (tertiary/aromatic N) is 2. The summed E-state index contributed by atoms with van der Waals surface area (Å²) in [5, 5.41) is 4.63. The summed E-state index contributed by atoms with van der Waals surface area (Å²) in [5.41, 5.74) is 5.16. The van der Waals surface area contributed by atoms with Crippen LogP contribution in [0.15, 0.2) is 41.4 Å². The predicted molar refractivity (Wildman–Crippen MR) is 109 cm³/mol. The molecule has 1 amide bonds. The van der Waals surface area contributed by atoms with E-state index in [0.717, 1.165) is 32.7 Å². The molecule has 5 heteroatoms. The van der Waals surface area contributed by atoms with Gasteiger partial charge in [0.05, 0.1) is 10.8 Å². The Bertz CT molecular complexity index is 961. The second-order valence-corrected chi connectivity index (χ2v) is 7.95. The lowest BCUT2D eigenvalue weighted by Crippen LogP contribution is -2.23. The Morgan fingerprint density at radius 1 is 1.04 bits per heavy atom. The van der Waals surface area contributed by atoms with Crippen LogP contribution >= 0.6 is 11.8 Å². The minimum Gasteiger partial charge on any atom is -0.325 e. The molecular weight excluding hydrogens is 342 g/mol. The number of nitrogens with one attached hydrogen (secondary N) is 1. The Kier molecular flexibility index (Phi) is 5.28. The topological polar surface area (TPSA) is 54.9 Å². The smallest absolute Gasteiger partial charge is 0.237 e. The van der Waals surface area contributed by atoms with Gasteiger partial charge in [-0.1, -0.05) is 47.7 Å². The number of hydrogen-bond donors (Lipinski definition) is 1. The Labute approximate surface area is 158 Å². The average molecular weight is 366 g/mol. The maximum atomic E-state index is 12.8. The van der Waals surface area contributed by atoms with Crippen molar-refractivity contribution < 1.29 is 4.79 Å². The SMILES string of the molecule is Cc1cc(C)c(NC(=O)[C@H](C)Sc2nc(C)nc3ccccc23)c(C)c1. The van der Waals surface area contributed by atoms with Crippen molar-refractivity contribution in [3.05, 3.63) is 58.9 Å². The molecule has 0 fully saturated rings.